The van der Waals surface area contributed by atoms with E-state index in [1.807, 2.05) is 45.9 Å². The van der Waals surface area contributed by atoms with Crippen LogP contribution < -0.4 is 10.6 Å². The summed E-state index contributed by atoms with van der Waals surface area (Å²) in [5, 5.41) is 15.8. The quantitative estimate of drug-likeness (QED) is 0.580. The number of rotatable bonds is 7. The summed E-state index contributed by atoms with van der Waals surface area (Å²) in [5.41, 5.74) is 0.707. The van der Waals surface area contributed by atoms with Gasteiger partial charge in [0.1, 0.15) is 11.6 Å². The van der Waals surface area contributed by atoms with Crippen molar-refractivity contribution < 1.29 is 24.2 Å². The van der Waals surface area contributed by atoms with Crippen molar-refractivity contribution >= 4 is 23.4 Å². The number of nitrogens with zero attached hydrogens (tertiary/aromatic N) is 1. The standard InChI is InChI=1S/C25H35N3O5/c1-6-11-26-21(30)18-19-23(32)28(16(4)13-29)20(25(19)10-9-24(18,5)33-25)22(31)27-17-12-14(2)7-8-15(17)3/h7-8,12,16,18-20,29H,6,9-11,13H2,1-5H3,(H,26,30)(H,27,31)/t16-,18+,19+,20?,24-,25?/m1/s1. The molecule has 8 heteroatoms. The Balaban J connectivity index is 1.74. The van der Waals surface area contributed by atoms with Gasteiger partial charge in [-0.1, -0.05) is 19.1 Å². The Morgan fingerprint density at radius 1 is 1.27 bits per heavy atom. The predicted octanol–water partition coefficient (Wildman–Crippen LogP) is 1.91. The molecule has 4 rings (SSSR count). The van der Waals surface area contributed by atoms with Crippen molar-refractivity contribution in [1.29, 1.82) is 0 Å². The summed E-state index contributed by atoms with van der Waals surface area (Å²) in [7, 11) is 0. The van der Waals surface area contributed by atoms with Gasteiger partial charge in [-0.2, -0.15) is 0 Å². The lowest BCUT2D eigenvalue weighted by atomic mass is 9.66. The summed E-state index contributed by atoms with van der Waals surface area (Å²) in [6, 6.07) is 4.30. The number of carbonyl (C=O) groups is 3. The molecule has 1 aromatic carbocycles. The zero-order valence-electron chi connectivity index (χ0n) is 20.1. The molecule has 3 N–H and O–H groups in total. The third kappa shape index (κ3) is 3.54. The minimum Gasteiger partial charge on any atom is -0.394 e. The predicted molar refractivity (Wildman–Crippen MR) is 123 cm³/mol. The van der Waals surface area contributed by atoms with Gasteiger partial charge in [-0.25, -0.2) is 0 Å². The zero-order chi connectivity index (χ0) is 24.1. The minimum atomic E-state index is -1.09. The van der Waals surface area contributed by atoms with Crippen molar-refractivity contribution in [2.45, 2.75) is 77.2 Å². The molecule has 3 heterocycles. The summed E-state index contributed by atoms with van der Waals surface area (Å²) in [4.78, 5) is 42.2. The average molecular weight is 458 g/mol. The van der Waals surface area contributed by atoms with Crippen molar-refractivity contribution in [2.75, 3.05) is 18.5 Å². The number of nitrogens with one attached hydrogen (secondary N) is 2. The number of aliphatic hydroxyl groups excluding tert-OH is 1. The Bertz CT molecular complexity index is 981. The van der Waals surface area contributed by atoms with Crippen molar-refractivity contribution in [2.24, 2.45) is 11.8 Å². The summed E-state index contributed by atoms with van der Waals surface area (Å²) < 4.78 is 6.54. The van der Waals surface area contributed by atoms with Crippen LogP contribution in [0.4, 0.5) is 5.69 Å². The molecule has 3 amide bonds. The van der Waals surface area contributed by atoms with Crippen LogP contribution in [0.2, 0.25) is 0 Å². The van der Waals surface area contributed by atoms with E-state index in [9.17, 15) is 19.5 Å². The fourth-order valence-corrected chi connectivity index (χ4v) is 6.06. The van der Waals surface area contributed by atoms with E-state index in [0.717, 1.165) is 17.5 Å². The molecule has 2 unspecified atom stereocenters. The van der Waals surface area contributed by atoms with E-state index in [1.54, 1.807) is 6.92 Å². The zero-order valence-corrected chi connectivity index (χ0v) is 20.1. The van der Waals surface area contributed by atoms with Crippen LogP contribution in [0.15, 0.2) is 18.2 Å². The van der Waals surface area contributed by atoms with E-state index in [2.05, 4.69) is 10.6 Å². The summed E-state index contributed by atoms with van der Waals surface area (Å²) in [6.45, 7) is 9.66. The number of amides is 3. The third-order valence-corrected chi connectivity index (χ3v) is 7.68. The van der Waals surface area contributed by atoms with Crippen LogP contribution in [-0.2, 0) is 19.1 Å². The first-order valence-electron chi connectivity index (χ1n) is 11.9. The van der Waals surface area contributed by atoms with E-state index >= 15 is 0 Å². The Morgan fingerprint density at radius 2 is 2.00 bits per heavy atom. The van der Waals surface area contributed by atoms with Crippen molar-refractivity contribution in [3.63, 3.8) is 0 Å². The number of carbonyl (C=O) groups excluding carboxylic acids is 3. The smallest absolute Gasteiger partial charge is 0.250 e. The number of anilines is 1. The maximum Gasteiger partial charge on any atom is 0.250 e. The molecule has 8 nitrogen and oxygen atoms in total. The van der Waals surface area contributed by atoms with Crippen LogP contribution in [0, 0.1) is 25.7 Å². The highest BCUT2D eigenvalue weighted by molar-refractivity contribution is 6.04. The van der Waals surface area contributed by atoms with Gasteiger partial charge in [0.15, 0.2) is 0 Å². The first-order chi connectivity index (χ1) is 15.6. The van der Waals surface area contributed by atoms with Gasteiger partial charge in [0.05, 0.1) is 30.1 Å². The Morgan fingerprint density at radius 3 is 2.67 bits per heavy atom. The van der Waals surface area contributed by atoms with Gasteiger partial charge in [-0.3, -0.25) is 14.4 Å². The van der Waals surface area contributed by atoms with Gasteiger partial charge in [0.25, 0.3) is 0 Å². The van der Waals surface area contributed by atoms with Gasteiger partial charge in [0, 0.05) is 12.2 Å². The lowest BCUT2D eigenvalue weighted by Crippen LogP contribution is -2.55. The molecule has 3 aliphatic heterocycles. The highest BCUT2D eigenvalue weighted by atomic mass is 16.5. The average Bonchev–Trinajstić information content (AvgIpc) is 3.34. The molecule has 0 radical (unpaired) electrons. The molecule has 2 bridgehead atoms. The van der Waals surface area contributed by atoms with Gasteiger partial charge < -0.3 is 25.4 Å². The Labute approximate surface area is 195 Å². The van der Waals surface area contributed by atoms with Crippen molar-refractivity contribution in [3.8, 4) is 0 Å². The number of hydrogen-bond donors (Lipinski definition) is 3. The number of ether oxygens (including phenoxy) is 1. The lowest BCUT2D eigenvalue weighted by molar-refractivity contribution is -0.147. The first kappa shape index (κ1) is 23.7. The highest BCUT2D eigenvalue weighted by Gasteiger charge is 2.78. The lowest BCUT2D eigenvalue weighted by Gasteiger charge is -2.35. The van der Waals surface area contributed by atoms with Gasteiger partial charge in [-0.05, 0) is 64.2 Å². The molecule has 3 saturated heterocycles. The van der Waals surface area contributed by atoms with Crippen LogP contribution in [0.5, 0.6) is 0 Å². The van der Waals surface area contributed by atoms with E-state index in [-0.39, 0.29) is 24.3 Å². The summed E-state index contributed by atoms with van der Waals surface area (Å²) in [6.07, 6.45) is 1.89. The van der Waals surface area contributed by atoms with Gasteiger partial charge >= 0.3 is 0 Å². The summed E-state index contributed by atoms with van der Waals surface area (Å²) >= 11 is 0. The van der Waals surface area contributed by atoms with Crippen LogP contribution in [0.3, 0.4) is 0 Å². The molecule has 0 saturated carbocycles. The topological polar surface area (TPSA) is 108 Å². The fourth-order valence-electron chi connectivity index (χ4n) is 6.06. The number of hydrogen-bond acceptors (Lipinski definition) is 5. The second-order valence-corrected chi connectivity index (χ2v) is 10.1. The van der Waals surface area contributed by atoms with Crippen LogP contribution in [-0.4, -0.2) is 64.2 Å². The molecule has 3 fully saturated rings. The molecule has 0 aliphatic carbocycles. The van der Waals surface area contributed by atoms with E-state index in [0.29, 0.717) is 25.1 Å². The number of fused-ring (bicyclic) bond motifs is 1. The molecule has 1 spiro atoms. The fraction of sp³-hybridized carbons (Fsp3) is 0.640. The number of benzene rings is 1. The number of likely N-dealkylation sites (tertiary alicyclic amines) is 1. The van der Waals surface area contributed by atoms with Crippen molar-refractivity contribution in [1.82, 2.24) is 10.2 Å². The molecule has 6 atom stereocenters. The summed E-state index contributed by atoms with van der Waals surface area (Å²) in [5.74, 6) is -2.27. The van der Waals surface area contributed by atoms with Gasteiger partial charge in [-0.15, -0.1) is 0 Å². The van der Waals surface area contributed by atoms with Crippen LogP contribution in [0.1, 0.15) is 51.2 Å². The Hall–Kier alpha value is -2.45. The van der Waals surface area contributed by atoms with E-state index in [4.69, 9.17) is 4.74 Å². The number of aryl methyl sites for hydroxylation is 2. The maximum atomic E-state index is 13.8. The normalized spacial score (nSPS) is 33.2. The van der Waals surface area contributed by atoms with E-state index < -0.39 is 35.1 Å². The molecular weight excluding hydrogens is 422 g/mol. The molecular formula is C25H35N3O5. The monoisotopic (exact) mass is 457 g/mol. The second kappa shape index (κ2) is 8.40. The minimum absolute atomic E-state index is 0.202. The first-order valence-corrected chi connectivity index (χ1v) is 11.9. The van der Waals surface area contributed by atoms with Gasteiger partial charge in [0.2, 0.25) is 17.7 Å². The molecule has 33 heavy (non-hydrogen) atoms. The maximum absolute atomic E-state index is 13.8. The third-order valence-electron chi connectivity index (χ3n) is 7.68. The molecule has 3 aliphatic rings. The molecule has 180 valence electrons. The SMILES string of the molecule is CCCNC(=O)[C@@H]1[C@H]2C(=O)N([C@H](C)CO)C(C(=O)Nc3cc(C)ccc3C)C23CC[C@@]1(C)O3. The molecule has 1 aromatic rings. The largest absolute Gasteiger partial charge is 0.394 e. The van der Waals surface area contributed by atoms with Crippen LogP contribution in [0.25, 0.3) is 0 Å². The van der Waals surface area contributed by atoms with Crippen LogP contribution >= 0.6 is 0 Å². The Kier molecular flexibility index (Phi) is 6.03. The molecule has 0 aromatic heterocycles. The van der Waals surface area contributed by atoms with E-state index in [1.165, 1.54) is 4.90 Å². The van der Waals surface area contributed by atoms with Crippen molar-refractivity contribution in [3.05, 3.63) is 29.3 Å². The number of aliphatic hydroxyl groups is 1. The second-order valence-electron chi connectivity index (χ2n) is 10.1. The highest BCUT2D eigenvalue weighted by Crippen LogP contribution is 2.63.